The predicted molar refractivity (Wildman–Crippen MR) is 74.0 cm³/mol. The number of rotatable bonds is 4. The third kappa shape index (κ3) is 5.11. The number of nitriles is 2. The van der Waals surface area contributed by atoms with Gasteiger partial charge in [0.15, 0.2) is 5.71 Å². The molecular formula is C12H8ClN3O3S. The van der Waals surface area contributed by atoms with Crippen LogP contribution in [0.2, 0.25) is 5.02 Å². The van der Waals surface area contributed by atoms with Crippen LogP contribution in [0.15, 0.2) is 35.0 Å². The van der Waals surface area contributed by atoms with E-state index in [0.29, 0.717) is 10.6 Å². The van der Waals surface area contributed by atoms with Gasteiger partial charge < -0.3 is 0 Å². The Hall–Kier alpha value is -2.35. The SMILES string of the molecule is CS(=O)(=O)ON=C(C#N)C(C#N)=Cc1ccc(Cl)cc1. The molecule has 0 radical (unpaired) electrons. The van der Waals surface area contributed by atoms with Gasteiger partial charge in [-0.3, -0.25) is 4.28 Å². The molecule has 0 saturated carbocycles. The predicted octanol–water partition coefficient (Wildman–Crippen LogP) is 2.10. The lowest BCUT2D eigenvalue weighted by atomic mass is 10.1. The minimum absolute atomic E-state index is 0.126. The van der Waals surface area contributed by atoms with Crippen molar-refractivity contribution in [3.63, 3.8) is 0 Å². The Morgan fingerprint density at radius 2 is 1.90 bits per heavy atom. The molecule has 0 aliphatic carbocycles. The molecule has 8 heteroatoms. The average Bonchev–Trinajstić information content (AvgIpc) is 2.39. The summed E-state index contributed by atoms with van der Waals surface area (Å²) in [5.41, 5.74) is 0.0413. The Morgan fingerprint density at radius 3 is 2.35 bits per heavy atom. The first-order valence-corrected chi connectivity index (χ1v) is 7.29. The van der Waals surface area contributed by atoms with Gasteiger partial charge in [0.1, 0.15) is 12.1 Å². The van der Waals surface area contributed by atoms with E-state index in [1.807, 2.05) is 0 Å². The number of nitrogens with zero attached hydrogens (tertiary/aromatic N) is 3. The van der Waals surface area contributed by atoms with E-state index in [4.69, 9.17) is 22.1 Å². The van der Waals surface area contributed by atoms with Crippen molar-refractivity contribution in [1.29, 1.82) is 10.5 Å². The van der Waals surface area contributed by atoms with Crippen LogP contribution in [0.25, 0.3) is 6.08 Å². The molecule has 0 unspecified atom stereocenters. The summed E-state index contributed by atoms with van der Waals surface area (Å²) in [7, 11) is -3.84. The van der Waals surface area contributed by atoms with E-state index in [9.17, 15) is 8.42 Å². The zero-order valence-electron chi connectivity index (χ0n) is 10.2. The minimum Gasteiger partial charge on any atom is -0.267 e. The number of allylic oxidation sites excluding steroid dienone is 1. The summed E-state index contributed by atoms with van der Waals surface area (Å²) in [6.45, 7) is 0. The maximum absolute atomic E-state index is 10.8. The molecule has 0 spiro atoms. The summed E-state index contributed by atoms with van der Waals surface area (Å²) in [6.07, 6.45) is 2.14. The number of benzene rings is 1. The van der Waals surface area contributed by atoms with Crippen molar-refractivity contribution in [2.45, 2.75) is 0 Å². The summed E-state index contributed by atoms with van der Waals surface area (Å²) in [5.74, 6) is 0. The summed E-state index contributed by atoms with van der Waals surface area (Å²) >= 11 is 5.72. The monoisotopic (exact) mass is 309 g/mol. The van der Waals surface area contributed by atoms with Crippen LogP contribution in [0.3, 0.4) is 0 Å². The van der Waals surface area contributed by atoms with Crippen LogP contribution in [0.1, 0.15) is 5.56 Å². The second-order valence-electron chi connectivity index (χ2n) is 3.55. The maximum Gasteiger partial charge on any atom is 0.325 e. The van der Waals surface area contributed by atoms with Gasteiger partial charge in [-0.05, 0) is 23.8 Å². The second kappa shape index (κ2) is 6.71. The number of oxime groups is 1. The molecule has 6 nitrogen and oxygen atoms in total. The van der Waals surface area contributed by atoms with E-state index >= 15 is 0 Å². The molecule has 1 rings (SSSR count). The highest BCUT2D eigenvalue weighted by Gasteiger charge is 2.09. The molecule has 0 amide bonds. The Morgan fingerprint density at radius 1 is 1.30 bits per heavy atom. The molecule has 1 aromatic carbocycles. The molecule has 0 aliphatic rings. The molecule has 1 aromatic rings. The molecule has 20 heavy (non-hydrogen) atoms. The Bertz CT molecular complexity index is 738. The van der Waals surface area contributed by atoms with Gasteiger partial charge >= 0.3 is 10.1 Å². The highest BCUT2D eigenvalue weighted by atomic mass is 35.5. The fourth-order valence-electron chi connectivity index (χ4n) is 1.11. The molecule has 0 atom stereocenters. The van der Waals surface area contributed by atoms with Crippen molar-refractivity contribution in [2.75, 3.05) is 6.26 Å². The van der Waals surface area contributed by atoms with Crippen molar-refractivity contribution >= 4 is 33.5 Å². The highest BCUT2D eigenvalue weighted by Crippen LogP contribution is 2.13. The van der Waals surface area contributed by atoms with Crippen LogP contribution >= 0.6 is 11.6 Å². The van der Waals surface area contributed by atoms with Crippen LogP contribution in [0.5, 0.6) is 0 Å². The van der Waals surface area contributed by atoms with Crippen LogP contribution in [0, 0.1) is 22.7 Å². The van der Waals surface area contributed by atoms with E-state index < -0.39 is 15.8 Å². The first-order chi connectivity index (χ1) is 9.35. The molecule has 102 valence electrons. The second-order valence-corrected chi connectivity index (χ2v) is 5.55. The molecule has 0 bridgehead atoms. The van der Waals surface area contributed by atoms with Crippen molar-refractivity contribution in [3.05, 3.63) is 40.4 Å². The summed E-state index contributed by atoms with van der Waals surface area (Å²) in [5, 5.41) is 21.5. The average molecular weight is 310 g/mol. The van der Waals surface area contributed by atoms with Gasteiger partial charge in [-0.1, -0.05) is 28.9 Å². The normalized spacial score (nSPS) is 12.4. The molecule has 0 aliphatic heterocycles. The molecule has 0 aromatic heterocycles. The van der Waals surface area contributed by atoms with E-state index in [-0.39, 0.29) is 5.57 Å². The zero-order chi connectivity index (χ0) is 15.2. The van der Waals surface area contributed by atoms with Gasteiger partial charge in [0.05, 0.1) is 11.8 Å². The van der Waals surface area contributed by atoms with E-state index in [0.717, 1.165) is 6.26 Å². The van der Waals surface area contributed by atoms with Crippen molar-refractivity contribution < 1.29 is 12.7 Å². The Labute approximate surface area is 121 Å². The largest absolute Gasteiger partial charge is 0.325 e. The highest BCUT2D eigenvalue weighted by molar-refractivity contribution is 7.85. The minimum atomic E-state index is -3.84. The van der Waals surface area contributed by atoms with Gasteiger partial charge in [-0.15, -0.1) is 0 Å². The summed E-state index contributed by atoms with van der Waals surface area (Å²) < 4.78 is 25.8. The zero-order valence-corrected chi connectivity index (χ0v) is 11.8. The van der Waals surface area contributed by atoms with E-state index in [1.165, 1.54) is 6.08 Å². The Balaban J connectivity index is 3.14. The molecule has 0 heterocycles. The summed E-state index contributed by atoms with van der Waals surface area (Å²) in [6, 6.07) is 9.83. The lowest BCUT2D eigenvalue weighted by molar-refractivity contribution is 0.344. The smallest absolute Gasteiger partial charge is 0.267 e. The van der Waals surface area contributed by atoms with Gasteiger partial charge in [0.2, 0.25) is 0 Å². The molecule has 0 saturated heterocycles. The summed E-state index contributed by atoms with van der Waals surface area (Å²) in [4.78, 5) is 0. The topological polar surface area (TPSA) is 103 Å². The van der Waals surface area contributed by atoms with Crippen LogP contribution in [-0.4, -0.2) is 20.4 Å². The standard InChI is InChI=1S/C12H8ClN3O3S/c1-20(17,18)19-16-12(8-15)10(7-14)6-9-2-4-11(13)5-3-9/h2-6H,1H3. The first kappa shape index (κ1) is 15.7. The van der Waals surface area contributed by atoms with Gasteiger partial charge in [0.25, 0.3) is 0 Å². The molecule has 0 fully saturated rings. The van der Waals surface area contributed by atoms with Crippen LogP contribution in [0.4, 0.5) is 0 Å². The lowest BCUT2D eigenvalue weighted by Crippen LogP contribution is -2.03. The first-order valence-electron chi connectivity index (χ1n) is 5.10. The molecule has 0 N–H and O–H groups in total. The Kier molecular flexibility index (Phi) is 5.27. The number of hydrogen-bond acceptors (Lipinski definition) is 6. The molecular weight excluding hydrogens is 302 g/mol. The van der Waals surface area contributed by atoms with E-state index in [2.05, 4.69) is 9.44 Å². The lowest BCUT2D eigenvalue weighted by Gasteiger charge is -1.98. The van der Waals surface area contributed by atoms with Crippen LogP contribution < -0.4 is 0 Å². The fourth-order valence-corrected chi connectivity index (χ4v) is 1.45. The van der Waals surface area contributed by atoms with Crippen molar-refractivity contribution in [1.82, 2.24) is 0 Å². The van der Waals surface area contributed by atoms with Crippen molar-refractivity contribution in [3.8, 4) is 12.1 Å². The number of hydrogen-bond donors (Lipinski definition) is 0. The van der Waals surface area contributed by atoms with Crippen LogP contribution in [-0.2, 0) is 14.4 Å². The maximum atomic E-state index is 10.8. The third-order valence-electron chi connectivity index (χ3n) is 1.93. The van der Waals surface area contributed by atoms with Gasteiger partial charge in [-0.2, -0.15) is 18.9 Å². The number of halogens is 1. The third-order valence-corrected chi connectivity index (χ3v) is 2.52. The fraction of sp³-hybridized carbons (Fsp3) is 0.0833. The van der Waals surface area contributed by atoms with Crippen molar-refractivity contribution in [2.24, 2.45) is 5.16 Å². The van der Waals surface area contributed by atoms with Gasteiger partial charge in [0, 0.05) is 5.02 Å². The quantitative estimate of drug-likeness (QED) is 0.481. The van der Waals surface area contributed by atoms with E-state index in [1.54, 1.807) is 36.4 Å². The van der Waals surface area contributed by atoms with Gasteiger partial charge in [-0.25, -0.2) is 0 Å².